The molecule has 3 heterocycles. The molecule has 2 bridgehead atoms. The molecular weight excluding hydrogens is 360 g/mol. The van der Waals surface area contributed by atoms with E-state index in [0.29, 0.717) is 23.6 Å². The largest absolute Gasteiger partial charge is 0.469 e. The van der Waals surface area contributed by atoms with Crippen LogP contribution in [0, 0.1) is 17.8 Å². The molecule has 1 aromatic rings. The zero-order valence-corrected chi connectivity index (χ0v) is 16.2. The number of ether oxygens (including phenoxy) is 1. The maximum Gasteiger partial charge on any atom is 0.311 e. The van der Waals surface area contributed by atoms with E-state index in [4.69, 9.17) is 4.74 Å². The van der Waals surface area contributed by atoms with E-state index >= 15 is 0 Å². The number of carbonyl (C=O) groups excluding carboxylic acids is 2. The normalized spacial score (nSPS) is 28.5. The van der Waals surface area contributed by atoms with Crippen LogP contribution >= 0.6 is 0 Å². The van der Waals surface area contributed by atoms with Gasteiger partial charge >= 0.3 is 5.97 Å². The lowest BCUT2D eigenvalue weighted by Crippen LogP contribution is -2.49. The Morgan fingerprint density at radius 2 is 2.07 bits per heavy atom. The van der Waals surface area contributed by atoms with Crippen molar-refractivity contribution in [3.63, 3.8) is 0 Å². The van der Waals surface area contributed by atoms with Gasteiger partial charge < -0.3 is 19.3 Å². The maximum absolute atomic E-state index is 13.1. The Labute approximate surface area is 163 Å². The monoisotopic (exact) mass is 386 g/mol. The number of allylic oxidation sites excluding steroid dienone is 1. The summed E-state index contributed by atoms with van der Waals surface area (Å²) in [4.78, 5) is 40.4. The summed E-state index contributed by atoms with van der Waals surface area (Å²) in [6.07, 6.45) is 6.13. The molecule has 2 aliphatic heterocycles. The van der Waals surface area contributed by atoms with Crippen molar-refractivity contribution < 1.29 is 19.4 Å². The second-order valence-corrected chi connectivity index (χ2v) is 7.99. The average molecular weight is 386 g/mol. The number of pyridine rings is 1. The molecule has 1 amide bonds. The Balaban J connectivity index is 1.83. The van der Waals surface area contributed by atoms with Gasteiger partial charge in [-0.25, -0.2) is 0 Å². The van der Waals surface area contributed by atoms with E-state index in [1.807, 2.05) is 13.0 Å². The lowest BCUT2D eigenvalue weighted by Gasteiger charge is -2.38. The first kappa shape index (κ1) is 18.9. The fourth-order valence-electron chi connectivity index (χ4n) is 4.85. The first-order valence-corrected chi connectivity index (χ1v) is 9.88. The van der Waals surface area contributed by atoms with Crippen LogP contribution in [0.25, 0.3) is 6.08 Å². The fraction of sp³-hybridized carbons (Fsp3) is 0.571. The topological polar surface area (TPSA) is 88.8 Å². The number of aromatic nitrogens is 1. The van der Waals surface area contributed by atoms with Gasteiger partial charge in [-0.05, 0) is 37.8 Å². The van der Waals surface area contributed by atoms with Crippen LogP contribution in [0.5, 0.6) is 0 Å². The van der Waals surface area contributed by atoms with Crippen LogP contribution in [-0.4, -0.2) is 46.2 Å². The van der Waals surface area contributed by atoms with Gasteiger partial charge in [-0.15, -0.1) is 0 Å². The summed E-state index contributed by atoms with van der Waals surface area (Å²) < 4.78 is 6.68. The number of amides is 1. The highest BCUT2D eigenvalue weighted by Crippen LogP contribution is 2.49. The van der Waals surface area contributed by atoms with Crippen LogP contribution in [0.15, 0.2) is 23.0 Å². The van der Waals surface area contributed by atoms with Crippen molar-refractivity contribution in [3.8, 4) is 0 Å². The Hall–Kier alpha value is -2.41. The van der Waals surface area contributed by atoms with Crippen LogP contribution < -0.4 is 5.56 Å². The molecule has 1 saturated carbocycles. The van der Waals surface area contributed by atoms with Crippen molar-refractivity contribution in [1.29, 1.82) is 0 Å². The maximum atomic E-state index is 13.1. The summed E-state index contributed by atoms with van der Waals surface area (Å²) >= 11 is 0. The third kappa shape index (κ3) is 2.89. The average Bonchev–Trinajstić information content (AvgIpc) is 3.46. The predicted octanol–water partition coefficient (Wildman–Crippen LogP) is 1.34. The number of aliphatic hydroxyl groups is 1. The van der Waals surface area contributed by atoms with Gasteiger partial charge in [-0.2, -0.15) is 0 Å². The molecule has 28 heavy (non-hydrogen) atoms. The summed E-state index contributed by atoms with van der Waals surface area (Å²) in [5.74, 6) is -1.17. The summed E-state index contributed by atoms with van der Waals surface area (Å²) in [6, 6.07) is 2.59. The van der Waals surface area contributed by atoms with Crippen LogP contribution in [0.4, 0.5) is 0 Å². The molecule has 0 radical (unpaired) electrons. The van der Waals surface area contributed by atoms with E-state index in [2.05, 4.69) is 0 Å². The predicted molar refractivity (Wildman–Crippen MR) is 102 cm³/mol. The molecule has 7 nitrogen and oxygen atoms in total. The summed E-state index contributed by atoms with van der Waals surface area (Å²) in [5, 5.41) is 10.1. The molecule has 3 aliphatic rings. The standard InChI is InChI=1S/C21H26N2O5/c1-3-4-13-7-8-15-19-18(21(27)28-2)14(11-24)16(10-22(15)20(13)26)23(19)17(25)9-12-5-6-12/h3-4,7-8,12,14,16,18-19,24H,5-6,9-11H2,1-2H3/b4-3+/t14-,16-,18+,19+/m0/s1. The number of methoxy groups -OCH3 is 1. The lowest BCUT2D eigenvalue weighted by molar-refractivity contribution is -0.148. The molecule has 2 fully saturated rings. The third-order valence-corrected chi connectivity index (χ3v) is 6.34. The highest BCUT2D eigenvalue weighted by molar-refractivity contribution is 5.82. The van der Waals surface area contributed by atoms with Gasteiger partial charge in [0.1, 0.15) is 0 Å². The summed E-state index contributed by atoms with van der Waals surface area (Å²) in [5.41, 5.74) is 1.07. The molecule has 0 aromatic carbocycles. The Bertz CT molecular complexity index is 885. The molecule has 1 N–H and O–H groups in total. The SMILES string of the molecule is C/C=C/c1ccc2n(c1=O)C[C@H]1[C@H](CO)[C@@H](C(=O)OC)[C@@H]2N1C(=O)CC1CC1. The third-order valence-electron chi connectivity index (χ3n) is 6.34. The van der Waals surface area contributed by atoms with Gasteiger partial charge in [0.2, 0.25) is 5.91 Å². The van der Waals surface area contributed by atoms with E-state index in [1.165, 1.54) is 7.11 Å². The molecule has 7 heteroatoms. The number of carbonyl (C=O) groups is 2. The van der Waals surface area contributed by atoms with Gasteiger partial charge in [-0.1, -0.05) is 12.2 Å². The molecule has 4 rings (SSSR count). The van der Waals surface area contributed by atoms with Gasteiger partial charge in [0, 0.05) is 36.7 Å². The number of hydrogen-bond acceptors (Lipinski definition) is 5. The number of hydrogen-bond donors (Lipinski definition) is 1. The van der Waals surface area contributed by atoms with Gasteiger partial charge in [0.15, 0.2) is 0 Å². The zero-order valence-electron chi connectivity index (χ0n) is 16.2. The molecule has 150 valence electrons. The number of rotatable bonds is 5. The summed E-state index contributed by atoms with van der Waals surface area (Å²) in [7, 11) is 1.32. The van der Waals surface area contributed by atoms with Crippen molar-refractivity contribution in [1.82, 2.24) is 9.47 Å². The van der Waals surface area contributed by atoms with E-state index in [0.717, 1.165) is 12.8 Å². The second-order valence-electron chi connectivity index (χ2n) is 7.99. The van der Waals surface area contributed by atoms with Crippen molar-refractivity contribution in [2.75, 3.05) is 13.7 Å². The molecular formula is C21H26N2O5. The zero-order chi connectivity index (χ0) is 20.0. The minimum Gasteiger partial charge on any atom is -0.469 e. The smallest absolute Gasteiger partial charge is 0.311 e. The van der Waals surface area contributed by atoms with Gasteiger partial charge in [-0.3, -0.25) is 14.4 Å². The molecule has 1 aromatic heterocycles. The molecule has 0 unspecified atom stereocenters. The van der Waals surface area contributed by atoms with Crippen molar-refractivity contribution in [3.05, 3.63) is 39.8 Å². The van der Waals surface area contributed by atoms with Crippen LogP contribution in [0.3, 0.4) is 0 Å². The van der Waals surface area contributed by atoms with Crippen molar-refractivity contribution in [2.45, 2.75) is 44.8 Å². The quantitative estimate of drug-likeness (QED) is 0.772. The van der Waals surface area contributed by atoms with Crippen LogP contribution in [0.1, 0.15) is 43.5 Å². The van der Waals surface area contributed by atoms with Crippen molar-refractivity contribution in [2.24, 2.45) is 17.8 Å². The molecule has 1 saturated heterocycles. The van der Waals surface area contributed by atoms with Crippen molar-refractivity contribution >= 4 is 18.0 Å². The minimum absolute atomic E-state index is 0.00131. The Kier molecular flexibility index (Phi) is 4.87. The Morgan fingerprint density at radius 3 is 2.68 bits per heavy atom. The highest BCUT2D eigenvalue weighted by Gasteiger charge is 2.58. The molecule has 0 spiro atoms. The van der Waals surface area contributed by atoms with Gasteiger partial charge in [0.05, 0.1) is 25.1 Å². The van der Waals surface area contributed by atoms with Crippen LogP contribution in [0.2, 0.25) is 0 Å². The number of fused-ring (bicyclic) bond motifs is 4. The van der Waals surface area contributed by atoms with Crippen LogP contribution in [-0.2, 0) is 20.9 Å². The number of esters is 1. The number of aliphatic hydroxyl groups excluding tert-OH is 1. The van der Waals surface area contributed by atoms with E-state index in [1.54, 1.807) is 27.7 Å². The molecule has 4 atom stereocenters. The summed E-state index contributed by atoms with van der Waals surface area (Å²) in [6.45, 7) is 1.89. The second kappa shape index (κ2) is 7.20. The van der Waals surface area contributed by atoms with E-state index in [9.17, 15) is 19.5 Å². The lowest BCUT2D eigenvalue weighted by atomic mass is 9.87. The highest BCUT2D eigenvalue weighted by atomic mass is 16.5. The fourth-order valence-corrected chi connectivity index (χ4v) is 4.85. The first-order valence-electron chi connectivity index (χ1n) is 9.88. The Morgan fingerprint density at radius 1 is 1.32 bits per heavy atom. The molecule has 1 aliphatic carbocycles. The first-order chi connectivity index (χ1) is 13.5. The van der Waals surface area contributed by atoms with Gasteiger partial charge in [0.25, 0.3) is 5.56 Å². The van der Waals surface area contributed by atoms with E-state index in [-0.39, 0.29) is 24.6 Å². The van der Waals surface area contributed by atoms with E-state index < -0.39 is 29.9 Å². The number of nitrogens with zero attached hydrogens (tertiary/aromatic N) is 2. The minimum atomic E-state index is -0.677.